The molecule has 0 aliphatic carbocycles. The number of aliphatic hydroxyl groups is 1. The van der Waals surface area contributed by atoms with Gasteiger partial charge in [0, 0.05) is 39.5 Å². The maximum atomic E-state index is 14.9. The van der Waals surface area contributed by atoms with Crippen LogP contribution in [0.4, 0.5) is 10.1 Å². The topological polar surface area (TPSA) is 75.0 Å². The second-order valence-corrected chi connectivity index (χ2v) is 6.82. The van der Waals surface area contributed by atoms with Crippen LogP contribution in [0.15, 0.2) is 17.1 Å². The number of rotatable bonds is 2. The first-order valence-corrected chi connectivity index (χ1v) is 8.88. The summed E-state index contributed by atoms with van der Waals surface area (Å²) in [7, 11) is 3.04. The van der Waals surface area contributed by atoms with Crippen LogP contribution < -0.4 is 15.1 Å². The van der Waals surface area contributed by atoms with Crippen molar-refractivity contribution < 1.29 is 19.0 Å². The molecule has 2 aromatic rings. The lowest BCUT2D eigenvalue weighted by molar-refractivity contribution is 0.112. The smallest absolute Gasteiger partial charge is 0.200 e. The highest BCUT2D eigenvalue weighted by molar-refractivity contribution is 5.94. The van der Waals surface area contributed by atoms with E-state index >= 15 is 0 Å². The minimum atomic E-state index is -0.478. The molecule has 0 amide bonds. The number of hydrogen-bond donors (Lipinski definition) is 1. The molecule has 2 aliphatic rings. The highest BCUT2D eigenvalue weighted by Gasteiger charge is 2.30. The van der Waals surface area contributed by atoms with Gasteiger partial charge in [-0.25, -0.2) is 4.39 Å². The van der Waals surface area contributed by atoms with E-state index in [2.05, 4.69) is 4.90 Å². The lowest BCUT2D eigenvalue weighted by atomic mass is 10.1. The molecule has 1 fully saturated rings. The molecule has 0 bridgehead atoms. The Morgan fingerprint density at radius 1 is 1.26 bits per heavy atom. The molecule has 1 saturated heterocycles. The first-order chi connectivity index (χ1) is 13.0. The van der Waals surface area contributed by atoms with E-state index in [1.165, 1.54) is 6.07 Å². The van der Waals surface area contributed by atoms with Crippen LogP contribution >= 0.6 is 0 Å². The van der Waals surface area contributed by atoms with Gasteiger partial charge in [-0.15, -0.1) is 0 Å². The number of likely N-dealkylation sites (N-methyl/N-ethyl adjacent to an activating group) is 1. The summed E-state index contributed by atoms with van der Waals surface area (Å²) in [6.45, 7) is 5.38. The number of hydrogen-bond acceptors (Lipinski definition) is 6. The van der Waals surface area contributed by atoms with Crippen LogP contribution in [-0.2, 0) is 0 Å². The fourth-order valence-corrected chi connectivity index (χ4v) is 3.64. The van der Waals surface area contributed by atoms with Gasteiger partial charge < -0.3 is 24.2 Å². The van der Waals surface area contributed by atoms with Crippen molar-refractivity contribution in [1.82, 2.24) is 9.47 Å². The molecule has 0 spiro atoms. The number of pyridine rings is 1. The maximum Gasteiger partial charge on any atom is 0.200 e. The number of carbonyl (C=O) groups is 1. The largest absolute Gasteiger partial charge is 0.487 e. The number of ether oxygens (including phenoxy) is 1. The quantitative estimate of drug-likeness (QED) is 0.795. The summed E-state index contributed by atoms with van der Waals surface area (Å²) in [4.78, 5) is 27.9. The predicted octanol–water partition coefficient (Wildman–Crippen LogP) is 1.27. The zero-order chi connectivity index (χ0) is 19.7. The second kappa shape index (κ2) is 7.66. The normalized spacial score (nSPS) is 19.3. The third-order valence-corrected chi connectivity index (χ3v) is 5.12. The number of nitrogens with zero attached hydrogens (tertiary/aromatic N) is 3. The van der Waals surface area contributed by atoms with E-state index in [1.54, 1.807) is 6.20 Å². The standard InChI is InChI=1S/C18H20FN3O3.CH4O/c1-11-10-25-18-15-13(17(24)12(9-23)8-22(11)15)7-14(19)16(18)21-5-3-20(2)4-6-21;1-2/h7-9,11H,3-6,10H2,1-2H3;2H,1H3/t11-;/m0./s1. The van der Waals surface area contributed by atoms with Crippen molar-refractivity contribution in [3.63, 3.8) is 0 Å². The summed E-state index contributed by atoms with van der Waals surface area (Å²) >= 11 is 0. The Kier molecular flexibility index (Phi) is 5.48. The van der Waals surface area contributed by atoms with Gasteiger partial charge in [-0.1, -0.05) is 0 Å². The molecule has 0 saturated carbocycles. The Labute approximate surface area is 156 Å². The molecule has 7 nitrogen and oxygen atoms in total. The number of aromatic nitrogens is 1. The number of aldehydes is 1. The lowest BCUT2D eigenvalue weighted by Gasteiger charge is -2.37. The van der Waals surface area contributed by atoms with E-state index in [4.69, 9.17) is 9.84 Å². The van der Waals surface area contributed by atoms with Crippen LogP contribution in [0.5, 0.6) is 5.75 Å². The molecule has 1 N–H and O–H groups in total. The molecule has 27 heavy (non-hydrogen) atoms. The van der Waals surface area contributed by atoms with Crippen LogP contribution in [0.2, 0.25) is 0 Å². The molecule has 8 heteroatoms. The summed E-state index contributed by atoms with van der Waals surface area (Å²) in [6, 6.07) is 1.21. The van der Waals surface area contributed by atoms with Crippen molar-refractivity contribution in [2.75, 3.05) is 51.8 Å². The molecule has 3 heterocycles. The SMILES string of the molecule is CO.C[C@H]1COc2c(N3CCN(C)CC3)c(F)cc3c(=O)c(C=O)cn1c23. The first-order valence-electron chi connectivity index (χ1n) is 8.88. The van der Waals surface area contributed by atoms with E-state index in [1.807, 2.05) is 23.4 Å². The fraction of sp³-hybridized carbons (Fsp3) is 0.474. The Bertz CT molecular complexity index is 920. The Balaban J connectivity index is 0.00000102. The van der Waals surface area contributed by atoms with Crippen LogP contribution in [0, 0.1) is 5.82 Å². The first kappa shape index (κ1) is 19.3. The number of piperazine rings is 1. The number of halogens is 1. The van der Waals surface area contributed by atoms with Gasteiger partial charge in [-0.3, -0.25) is 9.59 Å². The fourth-order valence-electron chi connectivity index (χ4n) is 3.64. The Morgan fingerprint density at radius 2 is 1.93 bits per heavy atom. The van der Waals surface area contributed by atoms with Crippen molar-refractivity contribution >= 4 is 22.9 Å². The molecule has 1 aromatic carbocycles. The van der Waals surface area contributed by atoms with Gasteiger partial charge in [0.05, 0.1) is 22.5 Å². The Hall–Kier alpha value is -2.45. The third-order valence-electron chi connectivity index (χ3n) is 5.12. The molecular weight excluding hydrogens is 353 g/mol. The van der Waals surface area contributed by atoms with Gasteiger partial charge in [0.1, 0.15) is 12.3 Å². The van der Waals surface area contributed by atoms with E-state index < -0.39 is 11.2 Å². The van der Waals surface area contributed by atoms with Crippen molar-refractivity contribution in [2.24, 2.45) is 0 Å². The maximum absolute atomic E-state index is 14.9. The average molecular weight is 377 g/mol. The number of aliphatic hydroxyl groups excluding tert-OH is 1. The van der Waals surface area contributed by atoms with Crippen molar-refractivity contribution in [1.29, 1.82) is 0 Å². The number of benzene rings is 1. The summed E-state index contributed by atoms with van der Waals surface area (Å²) in [5.74, 6) is -0.0690. The molecular formula is C19H24FN3O4. The third kappa shape index (κ3) is 3.19. The minimum absolute atomic E-state index is 0.0407. The zero-order valence-electron chi connectivity index (χ0n) is 15.7. The molecule has 1 aromatic heterocycles. The molecule has 1 atom stereocenters. The number of carbonyl (C=O) groups excluding carboxylic acids is 1. The molecule has 0 unspecified atom stereocenters. The van der Waals surface area contributed by atoms with Gasteiger partial charge in [-0.05, 0) is 20.0 Å². The van der Waals surface area contributed by atoms with Gasteiger partial charge >= 0.3 is 0 Å². The molecule has 0 radical (unpaired) electrons. The highest BCUT2D eigenvalue weighted by Crippen LogP contribution is 2.41. The molecule has 4 rings (SSSR count). The average Bonchev–Trinajstić information content (AvgIpc) is 2.68. The van der Waals surface area contributed by atoms with E-state index in [0.717, 1.165) is 20.2 Å². The highest BCUT2D eigenvalue weighted by atomic mass is 19.1. The van der Waals surface area contributed by atoms with Gasteiger partial charge in [0.15, 0.2) is 23.3 Å². The van der Waals surface area contributed by atoms with Crippen molar-refractivity contribution in [3.8, 4) is 5.75 Å². The lowest BCUT2D eigenvalue weighted by Crippen LogP contribution is -2.45. The zero-order valence-corrected chi connectivity index (χ0v) is 15.7. The summed E-state index contributed by atoms with van der Waals surface area (Å²) in [5.41, 5.74) is 0.576. The van der Waals surface area contributed by atoms with Crippen LogP contribution in [0.25, 0.3) is 10.9 Å². The second-order valence-electron chi connectivity index (χ2n) is 6.82. The summed E-state index contributed by atoms with van der Waals surface area (Å²) < 4.78 is 22.7. The van der Waals surface area contributed by atoms with Gasteiger partial charge in [-0.2, -0.15) is 0 Å². The van der Waals surface area contributed by atoms with Crippen LogP contribution in [0.1, 0.15) is 23.3 Å². The van der Waals surface area contributed by atoms with Crippen molar-refractivity contribution in [3.05, 3.63) is 33.9 Å². The summed E-state index contributed by atoms with van der Waals surface area (Å²) in [6.07, 6.45) is 2.08. The summed E-state index contributed by atoms with van der Waals surface area (Å²) in [5, 5.41) is 7.20. The number of anilines is 1. The van der Waals surface area contributed by atoms with E-state index in [0.29, 0.717) is 42.9 Å². The van der Waals surface area contributed by atoms with Crippen LogP contribution in [0.3, 0.4) is 0 Å². The van der Waals surface area contributed by atoms with Crippen molar-refractivity contribution in [2.45, 2.75) is 13.0 Å². The van der Waals surface area contributed by atoms with Crippen LogP contribution in [-0.4, -0.2) is 67.8 Å². The van der Waals surface area contributed by atoms with E-state index in [9.17, 15) is 14.0 Å². The molecule has 146 valence electrons. The monoisotopic (exact) mass is 377 g/mol. The van der Waals surface area contributed by atoms with Gasteiger partial charge in [0.25, 0.3) is 0 Å². The minimum Gasteiger partial charge on any atom is -0.487 e. The van der Waals surface area contributed by atoms with E-state index in [-0.39, 0.29) is 17.0 Å². The predicted molar refractivity (Wildman–Crippen MR) is 102 cm³/mol. The Morgan fingerprint density at radius 3 is 2.56 bits per heavy atom. The van der Waals surface area contributed by atoms with Gasteiger partial charge in [0.2, 0.25) is 0 Å². The molecule has 2 aliphatic heterocycles.